The van der Waals surface area contributed by atoms with E-state index in [2.05, 4.69) is 17.4 Å². The Bertz CT molecular complexity index is 963. The van der Waals surface area contributed by atoms with Crippen LogP contribution in [0, 0.1) is 0 Å². The molecule has 0 radical (unpaired) electrons. The second-order valence-electron chi connectivity index (χ2n) is 8.45. The third kappa shape index (κ3) is 6.35. The fraction of sp³-hybridized carbons (Fsp3) is 0.423. The summed E-state index contributed by atoms with van der Waals surface area (Å²) in [6, 6.07) is 15.7. The SMILES string of the molecule is CCCCC(CC(=O)N(CCO)CC(=O)O)NC(=O)OCC1c2ccccc2-c2ccccc21. The first-order valence-electron chi connectivity index (χ1n) is 11.7. The number of aliphatic carboxylic acids is 1. The van der Waals surface area contributed by atoms with E-state index in [1.54, 1.807) is 0 Å². The number of ether oxygens (including phenoxy) is 1. The first-order valence-corrected chi connectivity index (χ1v) is 11.7. The summed E-state index contributed by atoms with van der Waals surface area (Å²) in [5, 5.41) is 21.0. The van der Waals surface area contributed by atoms with Crippen molar-refractivity contribution in [3.63, 3.8) is 0 Å². The summed E-state index contributed by atoms with van der Waals surface area (Å²) >= 11 is 0. The molecule has 0 aliphatic heterocycles. The number of nitrogens with one attached hydrogen (secondary N) is 1. The van der Waals surface area contributed by atoms with Crippen molar-refractivity contribution in [2.75, 3.05) is 26.3 Å². The highest BCUT2D eigenvalue weighted by atomic mass is 16.5. The Morgan fingerprint density at radius 1 is 1.06 bits per heavy atom. The second-order valence-corrected chi connectivity index (χ2v) is 8.45. The number of nitrogens with zero attached hydrogens (tertiary/aromatic N) is 1. The van der Waals surface area contributed by atoms with Gasteiger partial charge in [-0.25, -0.2) is 4.79 Å². The van der Waals surface area contributed by atoms with Crippen LogP contribution in [0.15, 0.2) is 48.5 Å². The standard InChI is InChI=1S/C26H32N2O6/c1-2-3-8-18(15-24(30)28(13-14-29)16-25(31)32)27-26(33)34-17-23-21-11-6-4-9-19(21)20-10-5-7-12-22(20)23/h4-7,9-12,18,23,29H,2-3,8,13-17H2,1H3,(H,27,33)(H,31,32). The predicted molar refractivity (Wildman–Crippen MR) is 127 cm³/mol. The number of benzene rings is 2. The number of aliphatic hydroxyl groups excluding tert-OH is 1. The number of carbonyl (C=O) groups excluding carboxylic acids is 2. The highest BCUT2D eigenvalue weighted by Gasteiger charge is 2.29. The van der Waals surface area contributed by atoms with Gasteiger partial charge in [0.2, 0.25) is 5.91 Å². The Morgan fingerprint density at radius 2 is 1.68 bits per heavy atom. The van der Waals surface area contributed by atoms with Gasteiger partial charge < -0.3 is 25.2 Å². The second kappa shape index (κ2) is 12.2. The van der Waals surface area contributed by atoms with Crippen LogP contribution >= 0.6 is 0 Å². The van der Waals surface area contributed by atoms with E-state index in [1.165, 1.54) is 0 Å². The molecule has 1 unspecified atom stereocenters. The van der Waals surface area contributed by atoms with Gasteiger partial charge in [0.05, 0.1) is 6.61 Å². The molecule has 0 spiro atoms. The van der Waals surface area contributed by atoms with Crippen molar-refractivity contribution in [3.05, 3.63) is 59.7 Å². The Labute approximate surface area is 199 Å². The smallest absolute Gasteiger partial charge is 0.407 e. The van der Waals surface area contributed by atoms with Crippen molar-refractivity contribution in [1.29, 1.82) is 0 Å². The molecule has 2 aromatic carbocycles. The molecule has 0 heterocycles. The van der Waals surface area contributed by atoms with Crippen molar-refractivity contribution in [2.45, 2.75) is 44.6 Å². The van der Waals surface area contributed by atoms with Crippen LogP contribution in [0.3, 0.4) is 0 Å². The van der Waals surface area contributed by atoms with Gasteiger partial charge in [-0.15, -0.1) is 0 Å². The quantitative estimate of drug-likeness (QED) is 0.440. The Morgan fingerprint density at radius 3 is 2.24 bits per heavy atom. The lowest BCUT2D eigenvalue weighted by Crippen LogP contribution is -2.43. The number of hydrogen-bond donors (Lipinski definition) is 3. The third-order valence-corrected chi connectivity index (χ3v) is 6.04. The van der Waals surface area contributed by atoms with Crippen LogP contribution in [0.1, 0.15) is 49.7 Å². The summed E-state index contributed by atoms with van der Waals surface area (Å²) in [5.74, 6) is -1.66. The van der Waals surface area contributed by atoms with Crippen molar-refractivity contribution >= 4 is 18.0 Å². The molecule has 0 saturated heterocycles. The van der Waals surface area contributed by atoms with Crippen LogP contribution in [-0.2, 0) is 14.3 Å². The molecule has 8 nitrogen and oxygen atoms in total. The number of amides is 2. The number of fused-ring (bicyclic) bond motifs is 3. The van der Waals surface area contributed by atoms with Gasteiger partial charge in [0, 0.05) is 24.9 Å². The third-order valence-electron chi connectivity index (χ3n) is 6.04. The van der Waals surface area contributed by atoms with Gasteiger partial charge >= 0.3 is 12.1 Å². The van der Waals surface area contributed by atoms with E-state index in [0.29, 0.717) is 6.42 Å². The molecule has 8 heteroatoms. The summed E-state index contributed by atoms with van der Waals surface area (Å²) in [6.45, 7) is 1.28. The topological polar surface area (TPSA) is 116 Å². The van der Waals surface area contributed by atoms with E-state index in [0.717, 1.165) is 40.0 Å². The summed E-state index contributed by atoms with van der Waals surface area (Å²) in [5.41, 5.74) is 4.51. The first kappa shape index (κ1) is 25.2. The molecule has 1 aliphatic rings. The summed E-state index contributed by atoms with van der Waals surface area (Å²) in [4.78, 5) is 37.4. The largest absolute Gasteiger partial charge is 0.480 e. The number of carboxylic acids is 1. The molecule has 0 aromatic heterocycles. The first-order chi connectivity index (χ1) is 16.4. The normalized spacial score (nSPS) is 13.0. The maximum absolute atomic E-state index is 12.7. The minimum Gasteiger partial charge on any atom is -0.480 e. The minimum atomic E-state index is -1.16. The maximum Gasteiger partial charge on any atom is 0.407 e. The Kier molecular flexibility index (Phi) is 9.04. The molecule has 182 valence electrons. The summed E-state index contributed by atoms with van der Waals surface area (Å²) in [6.07, 6.45) is 1.57. The van der Waals surface area contributed by atoms with Crippen LogP contribution in [0.4, 0.5) is 4.79 Å². The molecule has 1 aliphatic carbocycles. The molecule has 0 bridgehead atoms. The van der Waals surface area contributed by atoms with E-state index >= 15 is 0 Å². The zero-order valence-electron chi connectivity index (χ0n) is 19.4. The van der Waals surface area contributed by atoms with Gasteiger partial charge in [0.1, 0.15) is 13.2 Å². The number of hydrogen-bond acceptors (Lipinski definition) is 5. The number of carbonyl (C=O) groups is 3. The Balaban J connectivity index is 1.63. The highest BCUT2D eigenvalue weighted by molar-refractivity contribution is 5.82. The number of unbranched alkanes of at least 4 members (excludes halogenated alkanes) is 1. The van der Waals surface area contributed by atoms with Gasteiger partial charge in [-0.1, -0.05) is 68.3 Å². The van der Waals surface area contributed by atoms with E-state index in [-0.39, 0.29) is 32.1 Å². The van der Waals surface area contributed by atoms with Gasteiger partial charge in [-0.3, -0.25) is 9.59 Å². The Hall–Kier alpha value is -3.39. The zero-order chi connectivity index (χ0) is 24.5. The molecular formula is C26H32N2O6. The van der Waals surface area contributed by atoms with Crippen molar-refractivity contribution in [1.82, 2.24) is 10.2 Å². The van der Waals surface area contributed by atoms with E-state index in [1.807, 2.05) is 43.3 Å². The fourth-order valence-electron chi connectivity index (χ4n) is 4.40. The zero-order valence-corrected chi connectivity index (χ0v) is 19.4. The van der Waals surface area contributed by atoms with Crippen LogP contribution in [-0.4, -0.2) is 65.4 Å². The van der Waals surface area contributed by atoms with Gasteiger partial charge in [-0.2, -0.15) is 0 Å². The molecule has 2 amide bonds. The van der Waals surface area contributed by atoms with Gasteiger partial charge in [0.15, 0.2) is 0 Å². The summed E-state index contributed by atoms with van der Waals surface area (Å²) in [7, 11) is 0. The van der Waals surface area contributed by atoms with E-state index in [4.69, 9.17) is 14.9 Å². The number of carboxylic acid groups (broad SMARTS) is 1. The molecular weight excluding hydrogens is 436 g/mol. The predicted octanol–water partition coefficient (Wildman–Crippen LogP) is 3.38. The molecule has 3 N–H and O–H groups in total. The monoisotopic (exact) mass is 468 g/mol. The van der Waals surface area contributed by atoms with Crippen molar-refractivity contribution in [2.24, 2.45) is 0 Å². The molecule has 34 heavy (non-hydrogen) atoms. The lowest BCUT2D eigenvalue weighted by atomic mass is 9.98. The van der Waals surface area contributed by atoms with E-state index in [9.17, 15) is 14.4 Å². The van der Waals surface area contributed by atoms with Crippen LogP contribution in [0.5, 0.6) is 0 Å². The van der Waals surface area contributed by atoms with Gasteiger partial charge in [-0.05, 0) is 28.7 Å². The maximum atomic E-state index is 12.7. The molecule has 0 saturated carbocycles. The minimum absolute atomic E-state index is 0.0581. The highest BCUT2D eigenvalue weighted by Crippen LogP contribution is 2.44. The van der Waals surface area contributed by atoms with E-state index < -0.39 is 30.6 Å². The van der Waals surface area contributed by atoms with Crippen molar-refractivity contribution in [3.8, 4) is 11.1 Å². The van der Waals surface area contributed by atoms with Crippen molar-refractivity contribution < 1.29 is 29.3 Å². The lowest BCUT2D eigenvalue weighted by Gasteiger charge is -2.24. The molecule has 2 aromatic rings. The molecule has 3 rings (SSSR count). The molecule has 1 atom stereocenters. The average Bonchev–Trinajstić information content (AvgIpc) is 3.14. The molecule has 0 fully saturated rings. The number of rotatable bonds is 12. The lowest BCUT2D eigenvalue weighted by molar-refractivity contribution is -0.145. The summed E-state index contributed by atoms with van der Waals surface area (Å²) < 4.78 is 5.60. The van der Waals surface area contributed by atoms with Crippen LogP contribution in [0.25, 0.3) is 11.1 Å². The van der Waals surface area contributed by atoms with Crippen LogP contribution in [0.2, 0.25) is 0 Å². The number of alkyl carbamates (subject to hydrolysis) is 1. The average molecular weight is 469 g/mol. The van der Waals surface area contributed by atoms with Crippen LogP contribution < -0.4 is 5.32 Å². The fourth-order valence-corrected chi connectivity index (χ4v) is 4.40. The van der Waals surface area contributed by atoms with Gasteiger partial charge in [0.25, 0.3) is 0 Å². The number of aliphatic hydroxyl groups is 1.